The summed E-state index contributed by atoms with van der Waals surface area (Å²) in [7, 11) is 3.56. The number of amides is 1. The van der Waals surface area contributed by atoms with E-state index in [4.69, 9.17) is 4.74 Å². The molecule has 5 heteroatoms. The summed E-state index contributed by atoms with van der Waals surface area (Å²) in [5.41, 5.74) is -0.407. The van der Waals surface area contributed by atoms with E-state index in [1.54, 1.807) is 21.6 Å². The van der Waals surface area contributed by atoms with Gasteiger partial charge in [0.05, 0.1) is 0 Å². The second-order valence-corrected chi connectivity index (χ2v) is 6.53. The van der Waals surface area contributed by atoms with E-state index >= 15 is 0 Å². The molecule has 0 aliphatic carbocycles. The molecule has 0 aromatic carbocycles. The third-order valence-corrected chi connectivity index (χ3v) is 3.54. The molecule has 0 aliphatic heterocycles. The molecule has 0 spiro atoms. The number of carbonyl (C=O) groups excluding carboxylic acids is 1. The maximum atomic E-state index is 11.1. The fourth-order valence-electron chi connectivity index (χ4n) is 0.651. The molecule has 0 unspecified atom stereocenters. The summed E-state index contributed by atoms with van der Waals surface area (Å²) < 4.78 is 5.08. The minimum atomic E-state index is -0.407. The molecule has 0 radical (unpaired) electrons. The number of nitrogens with one attached hydrogen (secondary N) is 1. The smallest absolute Gasteiger partial charge is 0.407 e. The van der Waals surface area contributed by atoms with Gasteiger partial charge < -0.3 is 10.1 Å². The number of rotatable bonds is 5. The van der Waals surface area contributed by atoms with Crippen LogP contribution in [0.3, 0.4) is 0 Å². The molecular formula is C9H19NO2S2. The summed E-state index contributed by atoms with van der Waals surface area (Å²) in [5, 5.41) is 2.70. The Bertz CT molecular complexity index is 169. The summed E-state index contributed by atoms with van der Waals surface area (Å²) in [6, 6.07) is 0. The Kier molecular flexibility index (Phi) is 7.27. The summed E-state index contributed by atoms with van der Waals surface area (Å²) in [6.45, 7) is 8.34. The van der Waals surface area contributed by atoms with Crippen LogP contribution in [-0.2, 0) is 4.74 Å². The minimum absolute atomic E-state index is 0.334. The highest BCUT2D eigenvalue weighted by molar-refractivity contribution is 8.76. The lowest BCUT2D eigenvalue weighted by atomic mass is 10.2. The first kappa shape index (κ1) is 14.0. The zero-order valence-electron chi connectivity index (χ0n) is 9.25. The molecule has 0 rings (SSSR count). The van der Waals surface area contributed by atoms with Crippen LogP contribution in [0.5, 0.6) is 0 Å². The van der Waals surface area contributed by atoms with Crippen LogP contribution >= 0.6 is 21.6 Å². The van der Waals surface area contributed by atoms with Gasteiger partial charge in [-0.15, -0.1) is 0 Å². The number of hydrogen-bond acceptors (Lipinski definition) is 4. The lowest BCUT2D eigenvalue weighted by Gasteiger charge is -2.19. The predicted octanol–water partition coefficient (Wildman–Crippen LogP) is 2.91. The fourth-order valence-corrected chi connectivity index (χ4v) is 2.22. The molecule has 0 heterocycles. The van der Waals surface area contributed by atoms with E-state index < -0.39 is 5.60 Å². The Balaban J connectivity index is 3.36. The van der Waals surface area contributed by atoms with E-state index in [2.05, 4.69) is 12.2 Å². The molecule has 1 N–H and O–H groups in total. The third-order valence-electron chi connectivity index (χ3n) is 1.05. The Labute approximate surface area is 94.1 Å². The Morgan fingerprint density at radius 2 is 2.00 bits per heavy atom. The SMILES string of the molecule is CCSSCCNC(=O)OC(C)(C)C. The third kappa shape index (κ3) is 10.1. The molecular weight excluding hydrogens is 218 g/mol. The van der Waals surface area contributed by atoms with Gasteiger partial charge in [-0.05, 0) is 20.8 Å². The van der Waals surface area contributed by atoms with Crippen molar-refractivity contribution in [3.63, 3.8) is 0 Å². The Morgan fingerprint density at radius 1 is 1.36 bits per heavy atom. The normalized spacial score (nSPS) is 11.1. The van der Waals surface area contributed by atoms with Crippen molar-refractivity contribution in [3.8, 4) is 0 Å². The van der Waals surface area contributed by atoms with Crippen molar-refractivity contribution in [2.45, 2.75) is 33.3 Å². The van der Waals surface area contributed by atoms with E-state index in [1.807, 2.05) is 20.8 Å². The van der Waals surface area contributed by atoms with Crippen molar-refractivity contribution >= 4 is 27.7 Å². The van der Waals surface area contributed by atoms with Crippen molar-refractivity contribution in [3.05, 3.63) is 0 Å². The first-order valence-corrected chi connectivity index (χ1v) is 7.16. The second kappa shape index (κ2) is 7.29. The van der Waals surface area contributed by atoms with Crippen molar-refractivity contribution < 1.29 is 9.53 Å². The molecule has 0 aromatic heterocycles. The molecule has 14 heavy (non-hydrogen) atoms. The van der Waals surface area contributed by atoms with Gasteiger partial charge in [0.15, 0.2) is 0 Å². The van der Waals surface area contributed by atoms with Crippen molar-refractivity contribution in [2.24, 2.45) is 0 Å². The van der Waals surface area contributed by atoms with Crippen LogP contribution in [0.15, 0.2) is 0 Å². The van der Waals surface area contributed by atoms with Gasteiger partial charge in [-0.1, -0.05) is 28.5 Å². The molecule has 0 saturated carbocycles. The summed E-state index contributed by atoms with van der Waals surface area (Å²) in [4.78, 5) is 11.1. The van der Waals surface area contributed by atoms with Crippen LogP contribution < -0.4 is 5.32 Å². The predicted molar refractivity (Wildman–Crippen MR) is 64.8 cm³/mol. The zero-order chi connectivity index (χ0) is 11.0. The lowest BCUT2D eigenvalue weighted by Crippen LogP contribution is -2.33. The summed E-state index contributed by atoms with van der Waals surface area (Å²) >= 11 is 0. The number of alkyl carbamates (subject to hydrolysis) is 1. The number of hydrogen-bond donors (Lipinski definition) is 1. The molecule has 0 atom stereocenters. The minimum Gasteiger partial charge on any atom is -0.444 e. The lowest BCUT2D eigenvalue weighted by molar-refractivity contribution is 0.0531. The first-order chi connectivity index (χ1) is 6.45. The molecule has 0 saturated heterocycles. The standard InChI is InChI=1S/C9H19NO2S2/c1-5-13-14-7-6-10-8(11)12-9(2,3)4/h5-7H2,1-4H3,(H,10,11). The van der Waals surface area contributed by atoms with Gasteiger partial charge in [0, 0.05) is 18.1 Å². The van der Waals surface area contributed by atoms with Gasteiger partial charge in [0.1, 0.15) is 5.60 Å². The first-order valence-electron chi connectivity index (χ1n) is 4.67. The van der Waals surface area contributed by atoms with Gasteiger partial charge in [0.2, 0.25) is 0 Å². The average molecular weight is 237 g/mol. The number of carbonyl (C=O) groups is 1. The van der Waals surface area contributed by atoms with Crippen LogP contribution in [-0.4, -0.2) is 29.7 Å². The maximum absolute atomic E-state index is 11.1. The molecule has 0 aliphatic rings. The average Bonchev–Trinajstić information content (AvgIpc) is 2.00. The van der Waals surface area contributed by atoms with Gasteiger partial charge in [0.25, 0.3) is 0 Å². The van der Waals surface area contributed by atoms with E-state index in [1.165, 1.54) is 0 Å². The monoisotopic (exact) mass is 237 g/mol. The Morgan fingerprint density at radius 3 is 2.50 bits per heavy atom. The molecule has 0 fully saturated rings. The fraction of sp³-hybridized carbons (Fsp3) is 0.889. The second-order valence-electron chi connectivity index (χ2n) is 3.66. The van der Waals surface area contributed by atoms with E-state index in [9.17, 15) is 4.79 Å². The van der Waals surface area contributed by atoms with Gasteiger partial charge in [-0.25, -0.2) is 4.79 Å². The topological polar surface area (TPSA) is 38.3 Å². The quantitative estimate of drug-likeness (QED) is 0.589. The van der Waals surface area contributed by atoms with Crippen LogP contribution in [0.4, 0.5) is 4.79 Å². The molecule has 84 valence electrons. The van der Waals surface area contributed by atoms with E-state index in [-0.39, 0.29) is 6.09 Å². The molecule has 0 bridgehead atoms. The molecule has 0 aromatic rings. The largest absolute Gasteiger partial charge is 0.444 e. The highest BCUT2D eigenvalue weighted by atomic mass is 33.1. The zero-order valence-corrected chi connectivity index (χ0v) is 10.9. The van der Waals surface area contributed by atoms with Gasteiger partial charge in [-0.2, -0.15) is 0 Å². The van der Waals surface area contributed by atoms with Crippen LogP contribution in [0.1, 0.15) is 27.7 Å². The number of ether oxygens (including phenoxy) is 1. The van der Waals surface area contributed by atoms with E-state index in [0.717, 1.165) is 11.5 Å². The Hall–Kier alpha value is -0.0300. The summed E-state index contributed by atoms with van der Waals surface area (Å²) in [6.07, 6.45) is -0.334. The molecule has 1 amide bonds. The maximum Gasteiger partial charge on any atom is 0.407 e. The highest BCUT2D eigenvalue weighted by Gasteiger charge is 2.15. The van der Waals surface area contributed by atoms with Crippen molar-refractivity contribution in [1.29, 1.82) is 0 Å². The van der Waals surface area contributed by atoms with Crippen molar-refractivity contribution in [1.82, 2.24) is 5.32 Å². The van der Waals surface area contributed by atoms with Gasteiger partial charge in [-0.3, -0.25) is 0 Å². The van der Waals surface area contributed by atoms with Gasteiger partial charge >= 0.3 is 6.09 Å². The van der Waals surface area contributed by atoms with E-state index in [0.29, 0.717) is 6.54 Å². The van der Waals surface area contributed by atoms with Crippen LogP contribution in [0, 0.1) is 0 Å². The van der Waals surface area contributed by atoms with Crippen LogP contribution in [0.25, 0.3) is 0 Å². The van der Waals surface area contributed by atoms with Crippen molar-refractivity contribution in [2.75, 3.05) is 18.1 Å². The highest BCUT2D eigenvalue weighted by Crippen LogP contribution is 2.18. The molecule has 3 nitrogen and oxygen atoms in total. The summed E-state index contributed by atoms with van der Waals surface area (Å²) in [5.74, 6) is 2.01. The van der Waals surface area contributed by atoms with Crippen LogP contribution in [0.2, 0.25) is 0 Å².